The molecular weight excluding hydrogens is 380 g/mol. The molecule has 0 saturated carbocycles. The van der Waals surface area contributed by atoms with Gasteiger partial charge in [-0.1, -0.05) is 0 Å². The van der Waals surface area contributed by atoms with Crippen LogP contribution in [0.15, 0.2) is 0 Å². The summed E-state index contributed by atoms with van der Waals surface area (Å²) >= 11 is 0. The third kappa shape index (κ3) is 7.68. The van der Waals surface area contributed by atoms with Gasteiger partial charge < -0.3 is 31.9 Å². The molecule has 11 nitrogen and oxygen atoms in total. The Kier molecular flexibility index (Phi) is 9.02. The Bertz CT molecular complexity index is 651. The molecule has 1 rings (SSSR count). The van der Waals surface area contributed by atoms with E-state index in [2.05, 4.69) is 31.9 Å². The molecule has 0 bridgehead atoms. The molecule has 6 N–H and O–H groups in total. The Labute approximate surface area is 170 Å². The van der Waals surface area contributed by atoms with Crippen molar-refractivity contribution in [3.63, 3.8) is 0 Å². The van der Waals surface area contributed by atoms with Gasteiger partial charge in [0, 0.05) is 12.6 Å². The van der Waals surface area contributed by atoms with Crippen molar-refractivity contribution in [1.82, 2.24) is 31.9 Å². The van der Waals surface area contributed by atoms with Crippen molar-refractivity contribution >= 4 is 29.5 Å². The standard InChI is InChI=1S/C18H32N6O5/c1-8-7-19-9(2)14(25)21-11(4)16(27)23-13(6)18(29)24-12(5)17(28)22-10(3)15(26)20-8/h8-13,19H,7H2,1-6H3,(H,20,26)(H,21,25)(H,22,28)(H,23,27)(H,24,29)/t8?,9-,10?,11?,12?,13?/m1/s1. The van der Waals surface area contributed by atoms with E-state index in [1.807, 2.05) is 0 Å². The quantitative estimate of drug-likeness (QED) is 0.258. The molecule has 164 valence electrons. The smallest absolute Gasteiger partial charge is 0.242 e. The van der Waals surface area contributed by atoms with Gasteiger partial charge in [-0.05, 0) is 41.5 Å². The summed E-state index contributed by atoms with van der Waals surface area (Å²) in [5, 5.41) is 15.8. The summed E-state index contributed by atoms with van der Waals surface area (Å²) in [5.74, 6) is -2.40. The van der Waals surface area contributed by atoms with E-state index in [0.717, 1.165) is 0 Å². The van der Waals surface area contributed by atoms with Crippen LogP contribution in [0.1, 0.15) is 41.5 Å². The number of rotatable bonds is 0. The van der Waals surface area contributed by atoms with Crippen LogP contribution in [-0.4, -0.2) is 72.3 Å². The van der Waals surface area contributed by atoms with E-state index in [9.17, 15) is 24.0 Å². The van der Waals surface area contributed by atoms with Crippen LogP contribution in [0.25, 0.3) is 0 Å². The molecule has 5 unspecified atom stereocenters. The normalized spacial score (nSPS) is 33.9. The van der Waals surface area contributed by atoms with Crippen molar-refractivity contribution in [2.75, 3.05) is 6.54 Å². The van der Waals surface area contributed by atoms with Crippen LogP contribution in [0.4, 0.5) is 0 Å². The number of carbonyl (C=O) groups is 5. The van der Waals surface area contributed by atoms with Gasteiger partial charge in [-0.3, -0.25) is 24.0 Å². The number of amides is 5. The number of carbonyl (C=O) groups excluding carboxylic acids is 5. The zero-order valence-electron chi connectivity index (χ0n) is 17.7. The van der Waals surface area contributed by atoms with E-state index < -0.39 is 59.7 Å². The molecule has 0 spiro atoms. The molecule has 1 fully saturated rings. The van der Waals surface area contributed by atoms with E-state index in [0.29, 0.717) is 6.54 Å². The van der Waals surface area contributed by atoms with Gasteiger partial charge in [0.2, 0.25) is 29.5 Å². The first-order valence-electron chi connectivity index (χ1n) is 9.67. The molecule has 29 heavy (non-hydrogen) atoms. The minimum absolute atomic E-state index is 0.310. The zero-order valence-corrected chi connectivity index (χ0v) is 17.7. The van der Waals surface area contributed by atoms with E-state index in [-0.39, 0.29) is 6.04 Å². The summed E-state index contributed by atoms with van der Waals surface area (Å²) in [6.07, 6.45) is 0. The molecule has 0 aliphatic carbocycles. The van der Waals surface area contributed by atoms with Gasteiger partial charge in [0.25, 0.3) is 0 Å². The summed E-state index contributed by atoms with van der Waals surface area (Å²) in [7, 11) is 0. The van der Waals surface area contributed by atoms with E-state index in [1.54, 1.807) is 13.8 Å². The van der Waals surface area contributed by atoms with Crippen LogP contribution >= 0.6 is 0 Å². The first kappa shape index (κ1) is 24.3. The molecule has 0 aromatic rings. The highest BCUT2D eigenvalue weighted by Gasteiger charge is 2.26. The lowest BCUT2D eigenvalue weighted by molar-refractivity contribution is -0.134. The molecule has 1 saturated heterocycles. The summed E-state index contributed by atoms with van der Waals surface area (Å²) in [6.45, 7) is 9.67. The van der Waals surface area contributed by atoms with Gasteiger partial charge in [0.1, 0.15) is 24.2 Å². The number of hydrogen-bond donors (Lipinski definition) is 6. The van der Waals surface area contributed by atoms with Crippen molar-refractivity contribution in [2.45, 2.75) is 77.8 Å². The molecule has 0 radical (unpaired) electrons. The molecule has 1 heterocycles. The van der Waals surface area contributed by atoms with E-state index in [4.69, 9.17) is 0 Å². The molecule has 1 aliphatic rings. The van der Waals surface area contributed by atoms with Gasteiger partial charge in [-0.25, -0.2) is 0 Å². The van der Waals surface area contributed by atoms with Gasteiger partial charge in [-0.15, -0.1) is 0 Å². The fourth-order valence-corrected chi connectivity index (χ4v) is 2.48. The van der Waals surface area contributed by atoms with Crippen LogP contribution < -0.4 is 31.9 Å². The fourth-order valence-electron chi connectivity index (χ4n) is 2.48. The van der Waals surface area contributed by atoms with Gasteiger partial charge >= 0.3 is 0 Å². The first-order valence-corrected chi connectivity index (χ1v) is 9.67. The Morgan fingerprint density at radius 1 is 0.483 bits per heavy atom. The summed E-state index contributed by atoms with van der Waals surface area (Å²) in [4.78, 5) is 61.2. The minimum Gasteiger partial charge on any atom is -0.351 e. The van der Waals surface area contributed by atoms with Crippen LogP contribution in [0.5, 0.6) is 0 Å². The second-order valence-electron chi connectivity index (χ2n) is 7.46. The van der Waals surface area contributed by atoms with Crippen molar-refractivity contribution in [3.05, 3.63) is 0 Å². The Morgan fingerprint density at radius 2 is 0.759 bits per heavy atom. The third-order valence-corrected chi connectivity index (χ3v) is 4.52. The number of hydrogen-bond acceptors (Lipinski definition) is 6. The molecule has 5 amide bonds. The highest BCUT2D eigenvalue weighted by atomic mass is 16.2. The van der Waals surface area contributed by atoms with Gasteiger partial charge in [0.05, 0.1) is 6.04 Å². The Morgan fingerprint density at radius 3 is 1.10 bits per heavy atom. The Hall–Kier alpha value is -2.69. The van der Waals surface area contributed by atoms with Crippen LogP contribution in [-0.2, 0) is 24.0 Å². The SMILES string of the molecule is CC1CN[C@H](C)C(=O)NC(C)C(=O)NC(C)C(=O)NC(C)C(=O)NC(C)C(=O)N1. The van der Waals surface area contributed by atoms with Crippen LogP contribution in [0, 0.1) is 0 Å². The van der Waals surface area contributed by atoms with Crippen LogP contribution in [0.2, 0.25) is 0 Å². The fraction of sp³-hybridized carbons (Fsp3) is 0.722. The lowest BCUT2D eigenvalue weighted by Crippen LogP contribution is -2.58. The largest absolute Gasteiger partial charge is 0.351 e. The maximum atomic E-state index is 12.2. The second-order valence-corrected chi connectivity index (χ2v) is 7.46. The lowest BCUT2D eigenvalue weighted by Gasteiger charge is -2.24. The van der Waals surface area contributed by atoms with E-state index in [1.165, 1.54) is 27.7 Å². The summed E-state index contributed by atoms with van der Waals surface area (Å²) in [6, 6.07) is -4.43. The molecule has 1 aliphatic heterocycles. The average molecular weight is 412 g/mol. The Balaban J connectivity index is 2.95. The topological polar surface area (TPSA) is 158 Å². The first-order chi connectivity index (χ1) is 13.4. The minimum atomic E-state index is -0.923. The molecule has 11 heteroatoms. The lowest BCUT2D eigenvalue weighted by atomic mass is 10.2. The maximum absolute atomic E-state index is 12.2. The van der Waals surface area contributed by atoms with Crippen molar-refractivity contribution in [2.24, 2.45) is 0 Å². The number of nitrogens with one attached hydrogen (secondary N) is 6. The monoisotopic (exact) mass is 412 g/mol. The third-order valence-electron chi connectivity index (χ3n) is 4.52. The predicted octanol–water partition coefficient (Wildman–Crippen LogP) is -2.50. The predicted molar refractivity (Wildman–Crippen MR) is 105 cm³/mol. The summed E-state index contributed by atoms with van der Waals surface area (Å²) in [5.41, 5.74) is 0. The summed E-state index contributed by atoms with van der Waals surface area (Å²) < 4.78 is 0. The molecule has 0 aromatic heterocycles. The molecular formula is C18H32N6O5. The maximum Gasteiger partial charge on any atom is 0.242 e. The highest BCUT2D eigenvalue weighted by Crippen LogP contribution is 1.95. The van der Waals surface area contributed by atoms with Gasteiger partial charge in [-0.2, -0.15) is 0 Å². The average Bonchev–Trinajstić information content (AvgIpc) is 2.64. The van der Waals surface area contributed by atoms with Crippen molar-refractivity contribution in [3.8, 4) is 0 Å². The zero-order chi connectivity index (χ0) is 22.3. The van der Waals surface area contributed by atoms with E-state index >= 15 is 0 Å². The van der Waals surface area contributed by atoms with Gasteiger partial charge in [0.15, 0.2) is 0 Å². The molecule has 6 atom stereocenters. The molecule has 0 aromatic carbocycles. The van der Waals surface area contributed by atoms with Crippen molar-refractivity contribution in [1.29, 1.82) is 0 Å². The second kappa shape index (κ2) is 10.7. The van der Waals surface area contributed by atoms with Crippen molar-refractivity contribution < 1.29 is 24.0 Å². The van der Waals surface area contributed by atoms with Crippen LogP contribution in [0.3, 0.4) is 0 Å². The highest BCUT2D eigenvalue weighted by molar-refractivity contribution is 5.95.